The van der Waals surface area contributed by atoms with Crippen LogP contribution in [-0.4, -0.2) is 28.0 Å². The smallest absolute Gasteiger partial charge is 0.306 e. The van der Waals surface area contributed by atoms with Crippen LogP contribution in [0.4, 0.5) is 0 Å². The molecule has 1 aromatic rings. The molecule has 1 saturated carbocycles. The lowest BCUT2D eigenvalue weighted by Gasteiger charge is -2.26. The number of carboxylic acid groups (broad SMARTS) is 1. The molecule has 0 atom stereocenters. The molecule has 0 bridgehead atoms. The molecular weight excluding hydrogens is 248 g/mol. The van der Waals surface area contributed by atoms with Gasteiger partial charge in [0, 0.05) is 12.5 Å². The van der Waals surface area contributed by atoms with Crippen molar-refractivity contribution in [1.29, 1.82) is 0 Å². The van der Waals surface area contributed by atoms with Crippen molar-refractivity contribution in [1.82, 2.24) is 10.3 Å². The predicted octanol–water partition coefficient (Wildman–Crippen LogP) is 1.61. The van der Waals surface area contributed by atoms with E-state index in [2.05, 4.69) is 10.3 Å². The molecule has 0 aliphatic heterocycles. The molecule has 1 aliphatic rings. The van der Waals surface area contributed by atoms with Gasteiger partial charge in [-0.15, -0.1) is 0 Å². The fraction of sp³-hybridized carbons (Fsp3) is 0.615. The number of carbonyl (C=O) groups excluding carboxylic acids is 1. The van der Waals surface area contributed by atoms with Crippen LogP contribution in [0.5, 0.6) is 0 Å². The molecule has 0 spiro atoms. The molecule has 2 N–H and O–H groups in total. The number of oxazole rings is 1. The molecule has 6 nitrogen and oxygen atoms in total. The molecule has 2 rings (SSSR count). The first-order chi connectivity index (χ1) is 9.11. The first-order valence-electron chi connectivity index (χ1n) is 6.57. The van der Waals surface area contributed by atoms with Crippen LogP contribution in [0.15, 0.2) is 10.8 Å². The average Bonchev–Trinajstić information content (AvgIpc) is 2.87. The van der Waals surface area contributed by atoms with Gasteiger partial charge in [-0.05, 0) is 25.7 Å². The SMILES string of the molecule is CCc1ocnc1C(=O)NC1CCC(C(=O)O)CC1. The topological polar surface area (TPSA) is 92.4 Å². The van der Waals surface area contributed by atoms with E-state index in [4.69, 9.17) is 9.52 Å². The van der Waals surface area contributed by atoms with Crippen molar-refractivity contribution < 1.29 is 19.1 Å². The number of aromatic nitrogens is 1. The van der Waals surface area contributed by atoms with Crippen LogP contribution >= 0.6 is 0 Å². The maximum absolute atomic E-state index is 12.0. The van der Waals surface area contributed by atoms with Gasteiger partial charge in [0.1, 0.15) is 5.76 Å². The minimum absolute atomic E-state index is 0.0320. The van der Waals surface area contributed by atoms with E-state index in [1.165, 1.54) is 6.39 Å². The second-order valence-electron chi connectivity index (χ2n) is 4.84. The number of rotatable bonds is 4. The van der Waals surface area contributed by atoms with Gasteiger partial charge in [0.15, 0.2) is 12.1 Å². The van der Waals surface area contributed by atoms with E-state index < -0.39 is 5.97 Å². The van der Waals surface area contributed by atoms with Crippen LogP contribution in [0.1, 0.15) is 48.9 Å². The zero-order chi connectivity index (χ0) is 13.8. The van der Waals surface area contributed by atoms with E-state index in [1.54, 1.807) is 0 Å². The van der Waals surface area contributed by atoms with Crippen LogP contribution in [-0.2, 0) is 11.2 Å². The molecule has 0 aromatic carbocycles. The lowest BCUT2D eigenvalue weighted by atomic mass is 9.86. The molecule has 104 valence electrons. The summed E-state index contributed by atoms with van der Waals surface area (Å²) < 4.78 is 5.12. The maximum atomic E-state index is 12.0. The van der Waals surface area contributed by atoms with Crippen molar-refractivity contribution in [2.45, 2.75) is 45.1 Å². The summed E-state index contributed by atoms with van der Waals surface area (Å²) >= 11 is 0. The average molecular weight is 266 g/mol. The Morgan fingerprint density at radius 3 is 2.68 bits per heavy atom. The highest BCUT2D eigenvalue weighted by Crippen LogP contribution is 2.24. The number of hydrogen-bond donors (Lipinski definition) is 2. The summed E-state index contributed by atoms with van der Waals surface area (Å²) in [6.45, 7) is 1.90. The minimum Gasteiger partial charge on any atom is -0.481 e. The molecule has 1 aliphatic carbocycles. The zero-order valence-electron chi connectivity index (χ0n) is 10.9. The third kappa shape index (κ3) is 3.13. The highest BCUT2D eigenvalue weighted by atomic mass is 16.4. The Balaban J connectivity index is 1.89. The number of carboxylic acids is 1. The van der Waals surface area contributed by atoms with Gasteiger partial charge in [-0.1, -0.05) is 6.92 Å². The molecule has 1 fully saturated rings. The highest BCUT2D eigenvalue weighted by Gasteiger charge is 2.27. The predicted molar refractivity (Wildman–Crippen MR) is 66.7 cm³/mol. The second-order valence-corrected chi connectivity index (χ2v) is 4.84. The summed E-state index contributed by atoms with van der Waals surface area (Å²) in [4.78, 5) is 26.8. The lowest BCUT2D eigenvalue weighted by molar-refractivity contribution is -0.142. The van der Waals surface area contributed by atoms with E-state index in [0.29, 0.717) is 43.6 Å². The maximum Gasteiger partial charge on any atom is 0.306 e. The monoisotopic (exact) mass is 266 g/mol. The number of aryl methyl sites for hydroxylation is 1. The molecule has 1 heterocycles. The Morgan fingerprint density at radius 1 is 1.42 bits per heavy atom. The Kier molecular flexibility index (Phi) is 4.19. The van der Waals surface area contributed by atoms with E-state index in [0.717, 1.165) is 0 Å². The Morgan fingerprint density at radius 2 is 2.11 bits per heavy atom. The van der Waals surface area contributed by atoms with Crippen molar-refractivity contribution in [3.8, 4) is 0 Å². The van der Waals surface area contributed by atoms with Crippen molar-refractivity contribution in [2.75, 3.05) is 0 Å². The van der Waals surface area contributed by atoms with Gasteiger partial charge in [0.2, 0.25) is 0 Å². The minimum atomic E-state index is -0.741. The van der Waals surface area contributed by atoms with Crippen LogP contribution in [0.2, 0.25) is 0 Å². The molecule has 19 heavy (non-hydrogen) atoms. The van der Waals surface area contributed by atoms with E-state index in [9.17, 15) is 9.59 Å². The first-order valence-corrected chi connectivity index (χ1v) is 6.57. The first kappa shape index (κ1) is 13.6. The molecule has 0 unspecified atom stereocenters. The van der Waals surface area contributed by atoms with Crippen molar-refractivity contribution in [3.05, 3.63) is 17.8 Å². The molecule has 6 heteroatoms. The van der Waals surface area contributed by atoms with Crippen molar-refractivity contribution in [3.63, 3.8) is 0 Å². The second kappa shape index (κ2) is 5.86. The van der Waals surface area contributed by atoms with Gasteiger partial charge >= 0.3 is 5.97 Å². The third-order valence-electron chi connectivity index (χ3n) is 3.59. The molecule has 1 amide bonds. The number of aliphatic carboxylic acids is 1. The fourth-order valence-corrected chi connectivity index (χ4v) is 2.44. The summed E-state index contributed by atoms with van der Waals surface area (Å²) in [5, 5.41) is 11.8. The van der Waals surface area contributed by atoms with Gasteiger partial charge in [-0.25, -0.2) is 4.98 Å². The van der Waals surface area contributed by atoms with Crippen molar-refractivity contribution in [2.24, 2.45) is 5.92 Å². The number of hydrogen-bond acceptors (Lipinski definition) is 4. The molecule has 1 aromatic heterocycles. The van der Waals surface area contributed by atoms with Crippen molar-refractivity contribution >= 4 is 11.9 Å². The number of nitrogens with one attached hydrogen (secondary N) is 1. The summed E-state index contributed by atoms with van der Waals surface area (Å²) in [5.41, 5.74) is 0.336. The summed E-state index contributed by atoms with van der Waals surface area (Å²) in [6.07, 6.45) is 4.51. The Bertz CT molecular complexity index is 461. The Hall–Kier alpha value is -1.85. The third-order valence-corrected chi connectivity index (χ3v) is 3.59. The molecular formula is C13H18N2O4. The molecule has 0 radical (unpaired) electrons. The standard InChI is InChI=1S/C13H18N2O4/c1-2-10-11(14-7-19-10)12(16)15-9-5-3-8(4-6-9)13(17)18/h7-9H,2-6H2,1H3,(H,15,16)(H,17,18). The summed E-state index contributed by atoms with van der Waals surface area (Å²) in [5.74, 6) is -0.665. The lowest BCUT2D eigenvalue weighted by Crippen LogP contribution is -2.39. The van der Waals surface area contributed by atoms with E-state index in [1.807, 2.05) is 6.92 Å². The largest absolute Gasteiger partial charge is 0.481 e. The van der Waals surface area contributed by atoms with E-state index in [-0.39, 0.29) is 17.9 Å². The van der Waals surface area contributed by atoms with Gasteiger partial charge in [0.05, 0.1) is 5.92 Å². The number of amides is 1. The van der Waals surface area contributed by atoms with Crippen LogP contribution in [0.25, 0.3) is 0 Å². The summed E-state index contributed by atoms with van der Waals surface area (Å²) in [6, 6.07) is 0.0320. The zero-order valence-corrected chi connectivity index (χ0v) is 10.9. The highest BCUT2D eigenvalue weighted by molar-refractivity contribution is 5.93. The van der Waals surface area contributed by atoms with Gasteiger partial charge in [0.25, 0.3) is 5.91 Å². The van der Waals surface area contributed by atoms with Crippen LogP contribution in [0.3, 0.4) is 0 Å². The van der Waals surface area contributed by atoms with Crippen LogP contribution < -0.4 is 5.32 Å². The summed E-state index contributed by atoms with van der Waals surface area (Å²) in [7, 11) is 0. The van der Waals surface area contributed by atoms with E-state index >= 15 is 0 Å². The Labute approximate surface area is 111 Å². The van der Waals surface area contributed by atoms with Gasteiger partial charge in [-0.3, -0.25) is 9.59 Å². The fourth-order valence-electron chi connectivity index (χ4n) is 2.44. The number of nitrogens with zero attached hydrogens (tertiary/aromatic N) is 1. The molecule has 0 saturated heterocycles. The normalized spacial score (nSPS) is 23.0. The quantitative estimate of drug-likeness (QED) is 0.863. The van der Waals surface area contributed by atoms with Gasteiger partial charge < -0.3 is 14.8 Å². The van der Waals surface area contributed by atoms with Crippen LogP contribution in [0, 0.1) is 5.92 Å². The van der Waals surface area contributed by atoms with Gasteiger partial charge in [-0.2, -0.15) is 0 Å². The number of carbonyl (C=O) groups is 2.